The van der Waals surface area contributed by atoms with Crippen LogP contribution in [-0.4, -0.2) is 33.9 Å². The molecule has 32 heavy (non-hydrogen) atoms. The topological polar surface area (TPSA) is 58.4 Å². The Morgan fingerprint density at radius 1 is 1.16 bits per heavy atom. The van der Waals surface area contributed by atoms with Crippen LogP contribution in [0.5, 0.6) is 5.75 Å². The van der Waals surface area contributed by atoms with Gasteiger partial charge in [-0.15, -0.1) is 11.3 Å². The van der Waals surface area contributed by atoms with Gasteiger partial charge in [0.2, 0.25) is 5.79 Å². The van der Waals surface area contributed by atoms with Crippen LogP contribution < -0.4 is 4.74 Å². The van der Waals surface area contributed by atoms with Crippen LogP contribution in [0.1, 0.15) is 5.56 Å². The van der Waals surface area contributed by atoms with E-state index in [1.165, 1.54) is 0 Å². The maximum absolute atomic E-state index is 6.51. The first-order chi connectivity index (χ1) is 15.6. The number of thiazole rings is 1. The second kappa shape index (κ2) is 9.21. The number of hydrogen-bond acceptors (Lipinski definition) is 6. The molecule has 0 saturated carbocycles. The van der Waals surface area contributed by atoms with Crippen molar-refractivity contribution < 1.29 is 14.2 Å². The number of hydrogen-bond donors (Lipinski definition) is 0. The average Bonchev–Trinajstić information content (AvgIpc) is 3.56. The molecule has 5 rings (SSSR count). The molecule has 2 aromatic carbocycles. The number of benzene rings is 2. The van der Waals surface area contributed by atoms with E-state index in [0.717, 1.165) is 16.3 Å². The van der Waals surface area contributed by atoms with E-state index in [0.29, 0.717) is 35.4 Å². The van der Waals surface area contributed by atoms with Crippen molar-refractivity contribution >= 4 is 34.5 Å². The molecule has 0 amide bonds. The van der Waals surface area contributed by atoms with Crippen molar-refractivity contribution in [3.8, 4) is 16.3 Å². The SMILES string of the molecule is Clc1ccc(C2(Cn3ccnc3)OCC(COc3ccc(-c4nccs4)cc3)O2)c(Cl)c1. The molecule has 2 atom stereocenters. The lowest BCUT2D eigenvalue weighted by atomic mass is 10.1. The molecule has 1 fully saturated rings. The Morgan fingerprint density at radius 2 is 2.03 bits per heavy atom. The predicted octanol–water partition coefficient (Wildman–Crippen LogP) is 5.66. The van der Waals surface area contributed by atoms with Crippen molar-refractivity contribution in [2.45, 2.75) is 18.4 Å². The van der Waals surface area contributed by atoms with E-state index in [9.17, 15) is 0 Å². The molecule has 0 bridgehead atoms. The van der Waals surface area contributed by atoms with Crippen LogP contribution >= 0.6 is 34.5 Å². The van der Waals surface area contributed by atoms with Gasteiger partial charge < -0.3 is 18.8 Å². The van der Waals surface area contributed by atoms with Gasteiger partial charge in [-0.1, -0.05) is 29.3 Å². The minimum Gasteiger partial charge on any atom is -0.491 e. The Morgan fingerprint density at radius 3 is 2.75 bits per heavy atom. The van der Waals surface area contributed by atoms with Crippen LogP contribution in [0.2, 0.25) is 10.0 Å². The zero-order valence-electron chi connectivity index (χ0n) is 16.9. The highest BCUT2D eigenvalue weighted by molar-refractivity contribution is 7.13. The van der Waals surface area contributed by atoms with Crippen LogP contribution in [-0.2, 0) is 21.8 Å². The molecule has 0 N–H and O–H groups in total. The minimum atomic E-state index is -1.06. The van der Waals surface area contributed by atoms with Crippen molar-refractivity contribution in [1.82, 2.24) is 14.5 Å². The molecule has 9 heteroatoms. The summed E-state index contributed by atoms with van der Waals surface area (Å²) in [5.41, 5.74) is 1.78. The number of imidazole rings is 1. The van der Waals surface area contributed by atoms with Crippen molar-refractivity contribution in [2.75, 3.05) is 13.2 Å². The Kier molecular flexibility index (Phi) is 6.17. The van der Waals surface area contributed by atoms with Crippen molar-refractivity contribution in [3.05, 3.63) is 88.4 Å². The Balaban J connectivity index is 1.30. The fourth-order valence-corrected chi connectivity index (χ4v) is 4.82. The molecule has 6 nitrogen and oxygen atoms in total. The molecular weight excluding hydrogens is 469 g/mol. The largest absolute Gasteiger partial charge is 0.491 e. The number of halogens is 2. The van der Waals surface area contributed by atoms with Gasteiger partial charge in [-0.2, -0.15) is 0 Å². The number of ether oxygens (including phenoxy) is 3. The van der Waals surface area contributed by atoms with Crippen LogP contribution in [0.3, 0.4) is 0 Å². The van der Waals surface area contributed by atoms with E-state index in [1.54, 1.807) is 42.2 Å². The Labute approximate surface area is 199 Å². The molecule has 0 aliphatic carbocycles. The third-order valence-corrected chi connectivity index (χ3v) is 6.49. The maximum atomic E-state index is 6.51. The molecule has 2 unspecified atom stereocenters. The van der Waals surface area contributed by atoms with E-state index >= 15 is 0 Å². The normalized spacial score (nSPS) is 20.5. The van der Waals surface area contributed by atoms with Gasteiger partial charge in [0.1, 0.15) is 23.5 Å². The molecule has 4 aromatic rings. The summed E-state index contributed by atoms with van der Waals surface area (Å²) in [4.78, 5) is 8.44. The van der Waals surface area contributed by atoms with Gasteiger partial charge in [-0.25, -0.2) is 9.97 Å². The van der Waals surface area contributed by atoms with E-state index in [2.05, 4.69) is 9.97 Å². The zero-order chi connectivity index (χ0) is 22.0. The lowest BCUT2D eigenvalue weighted by Gasteiger charge is -2.30. The van der Waals surface area contributed by atoms with Gasteiger partial charge in [0.25, 0.3) is 0 Å². The van der Waals surface area contributed by atoms with E-state index in [-0.39, 0.29) is 6.10 Å². The average molecular weight is 488 g/mol. The summed E-state index contributed by atoms with van der Waals surface area (Å²) < 4.78 is 20.5. The summed E-state index contributed by atoms with van der Waals surface area (Å²) in [5.74, 6) is -0.309. The highest BCUT2D eigenvalue weighted by atomic mass is 35.5. The van der Waals surface area contributed by atoms with Gasteiger partial charge >= 0.3 is 0 Å². The van der Waals surface area contributed by atoms with Crippen molar-refractivity contribution in [2.24, 2.45) is 0 Å². The third-order valence-electron chi connectivity index (χ3n) is 5.12. The van der Waals surface area contributed by atoms with E-state index < -0.39 is 5.79 Å². The zero-order valence-corrected chi connectivity index (χ0v) is 19.2. The smallest absolute Gasteiger partial charge is 0.215 e. The molecule has 0 radical (unpaired) electrons. The lowest BCUT2D eigenvalue weighted by Crippen LogP contribution is -2.34. The van der Waals surface area contributed by atoms with Crippen LogP contribution in [0, 0.1) is 0 Å². The van der Waals surface area contributed by atoms with Gasteiger partial charge in [0.15, 0.2) is 0 Å². The molecule has 2 aromatic heterocycles. The third kappa shape index (κ3) is 4.53. The first-order valence-corrected chi connectivity index (χ1v) is 11.6. The van der Waals surface area contributed by atoms with Crippen LogP contribution in [0.25, 0.3) is 10.6 Å². The minimum absolute atomic E-state index is 0.274. The van der Waals surface area contributed by atoms with Crippen molar-refractivity contribution in [3.63, 3.8) is 0 Å². The first kappa shape index (κ1) is 21.4. The summed E-state index contributed by atoms with van der Waals surface area (Å²) in [6.07, 6.45) is 6.80. The fourth-order valence-electron chi connectivity index (χ4n) is 3.62. The summed E-state index contributed by atoms with van der Waals surface area (Å²) in [6.45, 7) is 1.10. The lowest BCUT2D eigenvalue weighted by molar-refractivity contribution is -0.189. The second-order valence-electron chi connectivity index (χ2n) is 7.34. The van der Waals surface area contributed by atoms with Gasteiger partial charge in [-0.3, -0.25) is 0 Å². The van der Waals surface area contributed by atoms with E-state index in [4.69, 9.17) is 37.4 Å². The number of rotatable bonds is 7. The summed E-state index contributed by atoms with van der Waals surface area (Å²) >= 11 is 14.2. The maximum Gasteiger partial charge on any atom is 0.215 e. The first-order valence-electron chi connectivity index (χ1n) is 9.97. The molecule has 1 saturated heterocycles. The fraction of sp³-hybridized carbons (Fsp3) is 0.217. The van der Waals surface area contributed by atoms with Gasteiger partial charge in [-0.05, 0) is 36.4 Å². The molecule has 1 aliphatic rings. The molecular formula is C23H19Cl2N3O3S. The predicted molar refractivity (Wildman–Crippen MR) is 124 cm³/mol. The summed E-state index contributed by atoms with van der Waals surface area (Å²) in [5, 5.41) is 3.97. The second-order valence-corrected chi connectivity index (χ2v) is 9.07. The highest BCUT2D eigenvalue weighted by Gasteiger charge is 2.45. The highest BCUT2D eigenvalue weighted by Crippen LogP contribution is 2.40. The summed E-state index contributed by atoms with van der Waals surface area (Å²) in [6, 6.07) is 13.2. The van der Waals surface area contributed by atoms with Crippen LogP contribution in [0.4, 0.5) is 0 Å². The number of nitrogens with zero attached hydrogens (tertiary/aromatic N) is 3. The number of aromatic nitrogens is 3. The molecule has 164 valence electrons. The summed E-state index contributed by atoms with van der Waals surface area (Å²) in [7, 11) is 0. The molecule has 0 spiro atoms. The Bertz CT molecular complexity index is 1170. The van der Waals surface area contributed by atoms with Gasteiger partial charge in [0.05, 0.1) is 24.5 Å². The molecule has 3 heterocycles. The van der Waals surface area contributed by atoms with Crippen molar-refractivity contribution in [1.29, 1.82) is 0 Å². The van der Waals surface area contributed by atoms with Crippen LogP contribution in [0.15, 0.2) is 72.8 Å². The van der Waals surface area contributed by atoms with E-state index in [1.807, 2.05) is 46.5 Å². The monoisotopic (exact) mass is 487 g/mol. The van der Waals surface area contributed by atoms with Gasteiger partial charge in [0, 0.05) is 40.1 Å². The standard InChI is InChI=1S/C23H19Cl2N3O3S/c24-17-3-6-20(21(25)11-17)23(14-28-9-7-26-15-28)30-13-19(31-23)12-29-18-4-1-16(2-5-18)22-27-8-10-32-22/h1-11,15,19H,12-14H2. The quantitative estimate of drug-likeness (QED) is 0.336. The Hall–Kier alpha value is -2.42. The molecule has 1 aliphatic heterocycles.